The van der Waals surface area contributed by atoms with Crippen molar-refractivity contribution >= 4 is 18.3 Å². The Kier molecular flexibility index (Phi) is 6.41. The number of likely N-dealkylation sites (tertiary alicyclic amines) is 1. The van der Waals surface area contributed by atoms with Crippen molar-refractivity contribution < 1.29 is 22.4 Å². The molecule has 0 saturated carbocycles. The van der Waals surface area contributed by atoms with Crippen molar-refractivity contribution in [2.75, 3.05) is 13.1 Å². The van der Waals surface area contributed by atoms with E-state index in [2.05, 4.69) is 0 Å². The number of piperidine rings is 1. The van der Waals surface area contributed by atoms with Crippen LogP contribution in [-0.2, 0) is 6.18 Å². The van der Waals surface area contributed by atoms with Gasteiger partial charge in [-0.05, 0) is 37.8 Å². The third-order valence-electron chi connectivity index (χ3n) is 4.10. The second kappa shape index (κ2) is 7.49. The van der Waals surface area contributed by atoms with Crippen LogP contribution in [0.3, 0.4) is 0 Å². The molecule has 2 rings (SSSR count). The van der Waals surface area contributed by atoms with Crippen molar-refractivity contribution in [1.82, 2.24) is 4.90 Å². The Morgan fingerprint density at radius 2 is 1.87 bits per heavy atom. The van der Waals surface area contributed by atoms with Gasteiger partial charge >= 0.3 is 6.18 Å². The Morgan fingerprint density at radius 1 is 1.30 bits per heavy atom. The molecule has 0 aromatic heterocycles. The fourth-order valence-electron chi connectivity index (χ4n) is 2.71. The fourth-order valence-corrected chi connectivity index (χ4v) is 2.71. The Hall–Kier alpha value is -1.34. The third-order valence-corrected chi connectivity index (χ3v) is 4.10. The summed E-state index contributed by atoms with van der Waals surface area (Å²) in [5.41, 5.74) is 3.86. The predicted octanol–water partition coefficient (Wildman–Crippen LogP) is 3.47. The van der Waals surface area contributed by atoms with Gasteiger partial charge in [-0.15, -0.1) is 12.4 Å². The SMILES string of the molecule is CC(N)C1CCN(C(=O)c2cccc(C(F)(F)F)c2F)CC1.Cl. The Labute approximate surface area is 138 Å². The molecule has 0 aliphatic carbocycles. The van der Waals surface area contributed by atoms with E-state index in [1.54, 1.807) is 0 Å². The van der Waals surface area contributed by atoms with Crippen molar-refractivity contribution in [3.8, 4) is 0 Å². The summed E-state index contributed by atoms with van der Waals surface area (Å²) in [5.74, 6) is -1.93. The second-order valence-electron chi connectivity index (χ2n) is 5.65. The number of halogens is 5. The molecule has 1 aliphatic rings. The quantitative estimate of drug-likeness (QED) is 0.827. The van der Waals surface area contributed by atoms with E-state index < -0.39 is 29.0 Å². The number of hydrogen-bond acceptors (Lipinski definition) is 2. The first-order valence-electron chi connectivity index (χ1n) is 7.12. The van der Waals surface area contributed by atoms with Gasteiger partial charge in [-0.2, -0.15) is 13.2 Å². The highest BCUT2D eigenvalue weighted by atomic mass is 35.5. The minimum Gasteiger partial charge on any atom is -0.339 e. The fraction of sp³-hybridized carbons (Fsp3) is 0.533. The summed E-state index contributed by atoms with van der Waals surface area (Å²) >= 11 is 0. The first kappa shape index (κ1) is 19.7. The molecule has 0 bridgehead atoms. The molecule has 1 saturated heterocycles. The van der Waals surface area contributed by atoms with Crippen molar-refractivity contribution in [3.05, 3.63) is 35.1 Å². The number of carbonyl (C=O) groups is 1. The molecule has 130 valence electrons. The number of carbonyl (C=O) groups excluding carboxylic acids is 1. The number of benzene rings is 1. The van der Waals surface area contributed by atoms with Crippen molar-refractivity contribution in [3.63, 3.8) is 0 Å². The zero-order chi connectivity index (χ0) is 16.5. The van der Waals surface area contributed by atoms with Crippen LogP contribution in [0.5, 0.6) is 0 Å². The molecule has 8 heteroatoms. The molecule has 23 heavy (non-hydrogen) atoms. The van der Waals surface area contributed by atoms with E-state index in [1.165, 1.54) is 4.90 Å². The van der Waals surface area contributed by atoms with E-state index >= 15 is 0 Å². The first-order chi connectivity index (χ1) is 10.2. The van der Waals surface area contributed by atoms with E-state index in [4.69, 9.17) is 5.73 Å². The zero-order valence-electron chi connectivity index (χ0n) is 12.6. The number of hydrogen-bond donors (Lipinski definition) is 1. The van der Waals surface area contributed by atoms with Gasteiger partial charge in [0, 0.05) is 19.1 Å². The molecule has 1 atom stereocenters. The van der Waals surface area contributed by atoms with Gasteiger partial charge in [0.1, 0.15) is 5.82 Å². The largest absolute Gasteiger partial charge is 0.419 e. The minimum absolute atomic E-state index is 0. The molecular weight excluding hydrogens is 336 g/mol. The maximum absolute atomic E-state index is 14.0. The lowest BCUT2D eigenvalue weighted by molar-refractivity contribution is -0.140. The van der Waals surface area contributed by atoms with Crippen LogP contribution >= 0.6 is 12.4 Å². The molecule has 1 heterocycles. The predicted molar refractivity (Wildman–Crippen MR) is 80.9 cm³/mol. The van der Waals surface area contributed by atoms with Crippen LogP contribution in [0.15, 0.2) is 18.2 Å². The van der Waals surface area contributed by atoms with E-state index in [0.717, 1.165) is 12.1 Å². The van der Waals surface area contributed by atoms with E-state index in [1.807, 2.05) is 6.92 Å². The van der Waals surface area contributed by atoms with Gasteiger partial charge in [-0.3, -0.25) is 4.79 Å². The summed E-state index contributed by atoms with van der Waals surface area (Å²) in [4.78, 5) is 13.6. The number of nitrogens with zero attached hydrogens (tertiary/aromatic N) is 1. The molecule has 2 N–H and O–H groups in total. The lowest BCUT2D eigenvalue weighted by Gasteiger charge is -2.33. The van der Waals surface area contributed by atoms with Gasteiger partial charge in [0.2, 0.25) is 0 Å². The van der Waals surface area contributed by atoms with Gasteiger partial charge < -0.3 is 10.6 Å². The summed E-state index contributed by atoms with van der Waals surface area (Å²) in [6.45, 7) is 2.63. The second-order valence-corrected chi connectivity index (χ2v) is 5.65. The number of rotatable bonds is 2. The van der Waals surface area contributed by atoms with Crippen LogP contribution < -0.4 is 5.73 Å². The number of nitrogens with two attached hydrogens (primary N) is 1. The molecule has 1 aromatic carbocycles. The average Bonchev–Trinajstić information content (AvgIpc) is 2.45. The van der Waals surface area contributed by atoms with E-state index in [-0.39, 0.29) is 24.4 Å². The highest BCUT2D eigenvalue weighted by Gasteiger charge is 2.36. The molecule has 0 spiro atoms. The van der Waals surface area contributed by atoms with Gasteiger partial charge in [0.25, 0.3) is 5.91 Å². The lowest BCUT2D eigenvalue weighted by atomic mass is 9.90. The topological polar surface area (TPSA) is 46.3 Å². The summed E-state index contributed by atoms with van der Waals surface area (Å²) < 4.78 is 52.1. The van der Waals surface area contributed by atoms with Gasteiger partial charge in [-0.1, -0.05) is 6.07 Å². The van der Waals surface area contributed by atoms with Crippen LogP contribution in [0.2, 0.25) is 0 Å². The molecular formula is C15H19ClF4N2O. The van der Waals surface area contributed by atoms with E-state index in [9.17, 15) is 22.4 Å². The maximum atomic E-state index is 14.0. The van der Waals surface area contributed by atoms with Crippen LogP contribution in [-0.4, -0.2) is 29.9 Å². The monoisotopic (exact) mass is 354 g/mol. The highest BCUT2D eigenvalue weighted by molar-refractivity contribution is 5.94. The molecule has 0 radical (unpaired) electrons. The summed E-state index contributed by atoms with van der Waals surface area (Å²) in [6.07, 6.45) is -3.48. The van der Waals surface area contributed by atoms with Gasteiger partial charge in [0.15, 0.2) is 0 Å². The van der Waals surface area contributed by atoms with Crippen LogP contribution in [0.25, 0.3) is 0 Å². The molecule has 3 nitrogen and oxygen atoms in total. The minimum atomic E-state index is -4.82. The molecule has 1 aromatic rings. The van der Waals surface area contributed by atoms with Gasteiger partial charge in [-0.25, -0.2) is 4.39 Å². The first-order valence-corrected chi connectivity index (χ1v) is 7.12. The molecule has 1 aliphatic heterocycles. The normalized spacial score (nSPS) is 17.6. The van der Waals surface area contributed by atoms with Crippen molar-refractivity contribution in [2.24, 2.45) is 11.7 Å². The van der Waals surface area contributed by atoms with Gasteiger partial charge in [0.05, 0.1) is 11.1 Å². The number of amides is 1. The molecule has 1 fully saturated rings. The summed E-state index contributed by atoms with van der Waals surface area (Å²) in [6, 6.07) is 2.77. The third kappa shape index (κ3) is 4.35. The lowest BCUT2D eigenvalue weighted by Crippen LogP contribution is -2.42. The Balaban J connectivity index is 0.00000264. The number of alkyl halides is 3. The summed E-state index contributed by atoms with van der Waals surface area (Å²) in [7, 11) is 0. The maximum Gasteiger partial charge on any atom is 0.419 e. The molecule has 1 amide bonds. The van der Waals surface area contributed by atoms with Crippen LogP contribution in [0, 0.1) is 11.7 Å². The highest BCUT2D eigenvalue weighted by Crippen LogP contribution is 2.33. The van der Waals surface area contributed by atoms with Crippen molar-refractivity contribution in [2.45, 2.75) is 32.0 Å². The zero-order valence-corrected chi connectivity index (χ0v) is 13.4. The van der Waals surface area contributed by atoms with Crippen LogP contribution in [0.1, 0.15) is 35.7 Å². The molecule has 1 unspecified atom stereocenters. The standard InChI is InChI=1S/C15H18F4N2O.ClH/c1-9(20)10-5-7-21(8-6-10)14(22)11-3-2-4-12(13(11)16)15(17,18)19;/h2-4,9-10H,5-8,20H2,1H3;1H. The smallest absolute Gasteiger partial charge is 0.339 e. The Morgan fingerprint density at radius 3 is 2.35 bits per heavy atom. The average molecular weight is 355 g/mol. The van der Waals surface area contributed by atoms with E-state index in [0.29, 0.717) is 32.0 Å². The van der Waals surface area contributed by atoms with Crippen LogP contribution in [0.4, 0.5) is 17.6 Å². The van der Waals surface area contributed by atoms with Crippen molar-refractivity contribution in [1.29, 1.82) is 0 Å². The summed E-state index contributed by atoms with van der Waals surface area (Å²) in [5, 5.41) is 0. The Bertz CT molecular complexity index is 555.